The highest BCUT2D eigenvalue weighted by molar-refractivity contribution is 7.81. The summed E-state index contributed by atoms with van der Waals surface area (Å²) in [5, 5.41) is 0. The number of nitrogens with zero attached hydrogens (tertiary/aromatic N) is 1. The number of ether oxygens (including phenoxy) is 1. The van der Waals surface area contributed by atoms with E-state index in [1.165, 1.54) is 0 Å². The second-order valence-electron chi connectivity index (χ2n) is 5.52. The van der Waals surface area contributed by atoms with Gasteiger partial charge < -0.3 is 10.2 Å². The minimum Gasteiger partial charge on any atom is -0.870 e. The van der Waals surface area contributed by atoms with Gasteiger partial charge in [0.25, 0.3) is 0 Å². The van der Waals surface area contributed by atoms with Crippen LogP contribution in [0.1, 0.15) is 39.5 Å². The molecule has 0 saturated carbocycles. The van der Waals surface area contributed by atoms with Gasteiger partial charge in [0.2, 0.25) is 0 Å². The number of unbranched alkanes of at least 4 members (excludes halogenated alkanes) is 2. The van der Waals surface area contributed by atoms with Crippen molar-refractivity contribution in [2.24, 2.45) is 0 Å². The van der Waals surface area contributed by atoms with Crippen molar-refractivity contribution in [3.05, 3.63) is 12.2 Å². The van der Waals surface area contributed by atoms with E-state index in [4.69, 9.17) is 8.92 Å². The number of quaternary nitrogens is 1. The van der Waals surface area contributed by atoms with Crippen LogP contribution in [0.2, 0.25) is 0 Å². The lowest BCUT2D eigenvalue weighted by atomic mass is 10.2. The third kappa shape index (κ3) is 8.47. The maximum Gasteiger partial charge on any atom is 0.435 e. The lowest BCUT2D eigenvalue weighted by molar-refractivity contribution is -0.768. The molecule has 0 radical (unpaired) electrons. The Hall–Kier alpha value is -0.960. The Labute approximate surface area is 134 Å². The predicted octanol–water partition coefficient (Wildman–Crippen LogP) is 1.85. The van der Waals surface area contributed by atoms with Crippen molar-refractivity contribution in [1.29, 1.82) is 0 Å². The number of hydrogen-bond acceptors (Lipinski definition) is 6. The van der Waals surface area contributed by atoms with Gasteiger partial charge in [0.1, 0.15) is 0 Å². The molecule has 0 fully saturated rings. The van der Waals surface area contributed by atoms with Gasteiger partial charge in [-0.2, -0.15) is 3.89 Å². The molecule has 0 aromatic carbocycles. The molecule has 0 aromatic rings. The number of carbonyl (C=O) groups is 1. The highest BCUT2D eigenvalue weighted by Crippen LogP contribution is 2.13. The van der Waals surface area contributed by atoms with Crippen LogP contribution in [-0.2, 0) is 24.0 Å². The molecule has 1 N–H and O–H groups in total. The summed E-state index contributed by atoms with van der Waals surface area (Å²) in [7, 11) is -0.365. The molecular formula is C14H29NO6S. The molecule has 0 heterocycles. The van der Waals surface area contributed by atoms with Crippen LogP contribution >= 0.6 is 0 Å². The molecule has 0 amide bonds. The Morgan fingerprint density at radius 2 is 1.73 bits per heavy atom. The Bertz CT molecular complexity index is 444. The van der Waals surface area contributed by atoms with Gasteiger partial charge in [-0.1, -0.05) is 13.5 Å². The first kappa shape index (κ1) is 23.3. The summed E-state index contributed by atoms with van der Waals surface area (Å²) < 4.78 is 33.7. The number of esters is 1. The minimum atomic E-state index is -3.60. The SMILES string of the molecule is C=C(C)C(=O)OCCCCC[N+](C)(C)S(=O)(=O)OCCC.[OH-]. The summed E-state index contributed by atoms with van der Waals surface area (Å²) in [6, 6.07) is 0. The Balaban J connectivity index is 0. The predicted molar refractivity (Wildman–Crippen MR) is 83.7 cm³/mol. The summed E-state index contributed by atoms with van der Waals surface area (Å²) >= 11 is 0. The second kappa shape index (κ2) is 10.7. The summed E-state index contributed by atoms with van der Waals surface area (Å²) in [6.07, 6.45) is 2.86. The highest BCUT2D eigenvalue weighted by Gasteiger charge is 2.33. The van der Waals surface area contributed by atoms with Gasteiger partial charge in [0, 0.05) is 5.57 Å². The van der Waals surface area contributed by atoms with Crippen molar-refractivity contribution >= 4 is 16.3 Å². The summed E-state index contributed by atoms with van der Waals surface area (Å²) in [4.78, 5) is 11.1. The smallest absolute Gasteiger partial charge is 0.435 e. The molecule has 0 aliphatic rings. The van der Waals surface area contributed by atoms with Gasteiger partial charge in [0.15, 0.2) is 0 Å². The number of rotatable bonds is 11. The number of hydrogen-bond donors (Lipinski definition) is 0. The van der Waals surface area contributed by atoms with E-state index in [0.29, 0.717) is 38.0 Å². The molecule has 0 bridgehead atoms. The highest BCUT2D eigenvalue weighted by atomic mass is 32.2. The lowest BCUT2D eigenvalue weighted by Gasteiger charge is -2.26. The van der Waals surface area contributed by atoms with E-state index < -0.39 is 10.3 Å². The third-order valence-corrected chi connectivity index (χ3v) is 4.82. The van der Waals surface area contributed by atoms with E-state index in [-0.39, 0.29) is 21.9 Å². The van der Waals surface area contributed by atoms with Crippen molar-refractivity contribution < 1.29 is 31.5 Å². The van der Waals surface area contributed by atoms with Gasteiger partial charge in [-0.3, -0.25) is 0 Å². The van der Waals surface area contributed by atoms with Crippen molar-refractivity contribution in [1.82, 2.24) is 0 Å². The zero-order valence-electron chi connectivity index (χ0n) is 14.0. The van der Waals surface area contributed by atoms with Gasteiger partial charge in [-0.15, -0.1) is 8.42 Å². The van der Waals surface area contributed by atoms with Gasteiger partial charge in [0.05, 0.1) is 33.9 Å². The molecule has 0 unspecified atom stereocenters. The lowest BCUT2D eigenvalue weighted by Crippen LogP contribution is -2.47. The van der Waals surface area contributed by atoms with E-state index in [9.17, 15) is 13.2 Å². The van der Waals surface area contributed by atoms with Crippen LogP contribution in [0.4, 0.5) is 0 Å². The van der Waals surface area contributed by atoms with Gasteiger partial charge >= 0.3 is 16.3 Å². The van der Waals surface area contributed by atoms with Crippen LogP contribution in [0.5, 0.6) is 0 Å². The fraction of sp³-hybridized carbons (Fsp3) is 0.786. The van der Waals surface area contributed by atoms with Crippen LogP contribution < -0.4 is 0 Å². The third-order valence-electron chi connectivity index (χ3n) is 2.96. The first-order valence-corrected chi connectivity index (χ1v) is 8.55. The second-order valence-corrected chi connectivity index (χ2v) is 7.60. The first-order chi connectivity index (χ1) is 9.64. The fourth-order valence-corrected chi connectivity index (χ4v) is 2.52. The molecule has 0 aliphatic carbocycles. The zero-order chi connectivity index (χ0) is 16.5. The molecule has 132 valence electrons. The van der Waals surface area contributed by atoms with E-state index >= 15 is 0 Å². The molecular weight excluding hydrogens is 310 g/mol. The molecule has 0 saturated heterocycles. The summed E-state index contributed by atoms with van der Waals surface area (Å²) in [5.41, 5.74) is 0.381. The monoisotopic (exact) mass is 339 g/mol. The van der Waals surface area contributed by atoms with Crippen LogP contribution in [0.25, 0.3) is 0 Å². The maximum atomic E-state index is 12.0. The van der Waals surface area contributed by atoms with E-state index in [1.807, 2.05) is 6.92 Å². The molecule has 0 atom stereocenters. The summed E-state index contributed by atoms with van der Waals surface area (Å²) in [5.74, 6) is -0.387. The fourth-order valence-electron chi connectivity index (χ4n) is 1.50. The quantitative estimate of drug-likeness (QED) is 0.246. The average molecular weight is 339 g/mol. The van der Waals surface area contributed by atoms with Crippen molar-refractivity contribution in [2.75, 3.05) is 33.9 Å². The standard InChI is InChI=1S/C14H28NO5S.H2O/c1-6-11-20-21(17,18)15(4,5)10-8-7-9-12-19-14(16)13(2)3;/h2,6-12H2,1,3-5H3;1H2/q+1;/p-1. The number of carbonyl (C=O) groups excluding carboxylic acids is 1. The molecule has 7 nitrogen and oxygen atoms in total. The molecule has 0 spiro atoms. The topological polar surface area (TPSA) is 99.7 Å². The minimum absolute atomic E-state index is 0. The van der Waals surface area contributed by atoms with Crippen LogP contribution in [0.15, 0.2) is 12.2 Å². The first-order valence-electron chi connectivity index (χ1n) is 7.19. The van der Waals surface area contributed by atoms with Crippen LogP contribution in [-0.4, -0.2) is 57.6 Å². The zero-order valence-corrected chi connectivity index (χ0v) is 14.8. The average Bonchev–Trinajstić information content (AvgIpc) is 2.39. The van der Waals surface area contributed by atoms with Crippen molar-refractivity contribution in [3.63, 3.8) is 0 Å². The Morgan fingerprint density at radius 1 is 1.14 bits per heavy atom. The van der Waals surface area contributed by atoms with Crippen molar-refractivity contribution in [3.8, 4) is 0 Å². The summed E-state index contributed by atoms with van der Waals surface area (Å²) in [6.45, 7) is 7.96. The normalized spacial score (nSPS) is 11.6. The van der Waals surface area contributed by atoms with E-state index in [1.54, 1.807) is 21.0 Å². The molecule has 0 aromatic heterocycles. The van der Waals surface area contributed by atoms with Gasteiger partial charge in [-0.25, -0.2) is 8.98 Å². The largest absolute Gasteiger partial charge is 0.870 e. The van der Waals surface area contributed by atoms with Crippen LogP contribution in [0.3, 0.4) is 0 Å². The molecule has 8 heteroatoms. The van der Waals surface area contributed by atoms with E-state index in [0.717, 1.165) is 6.42 Å². The van der Waals surface area contributed by atoms with Crippen LogP contribution in [0, 0.1) is 0 Å². The molecule has 22 heavy (non-hydrogen) atoms. The van der Waals surface area contributed by atoms with E-state index in [2.05, 4.69) is 6.58 Å². The Morgan fingerprint density at radius 3 is 2.23 bits per heavy atom. The molecule has 0 aliphatic heterocycles. The Kier molecular flexibility index (Phi) is 11.4. The molecule has 0 rings (SSSR count). The van der Waals surface area contributed by atoms with Gasteiger partial charge in [-0.05, 0) is 32.6 Å². The van der Waals surface area contributed by atoms with Crippen molar-refractivity contribution in [2.45, 2.75) is 39.5 Å². The maximum absolute atomic E-state index is 12.0.